The first kappa shape index (κ1) is 9.70. The Morgan fingerprint density at radius 3 is 2.25 bits per heavy atom. The minimum Gasteiger partial charge on any atom is -0.224 e. The molecule has 2 N–H and O–H groups in total. The fourth-order valence-electron chi connectivity index (χ4n) is 0.798. The summed E-state index contributed by atoms with van der Waals surface area (Å²) >= 11 is 1.23. The van der Waals surface area contributed by atoms with Crippen LogP contribution in [0.1, 0.15) is 24.6 Å². The lowest BCUT2D eigenvalue weighted by Crippen LogP contribution is -2.09. The molecule has 0 aliphatic heterocycles. The van der Waals surface area contributed by atoms with Crippen molar-refractivity contribution in [1.82, 2.24) is 0 Å². The number of sulfonamides is 1. The van der Waals surface area contributed by atoms with E-state index < -0.39 is 10.0 Å². The van der Waals surface area contributed by atoms with E-state index in [4.69, 9.17) is 5.14 Å². The number of thiophene rings is 1. The molecule has 0 spiro atoms. The molecule has 0 amide bonds. The van der Waals surface area contributed by atoms with Gasteiger partial charge in [-0.3, -0.25) is 0 Å². The maximum Gasteiger partial charge on any atom is 0.247 e. The van der Waals surface area contributed by atoms with Gasteiger partial charge in [0.2, 0.25) is 10.0 Å². The fourth-order valence-corrected chi connectivity index (χ4v) is 2.55. The first-order chi connectivity index (χ1) is 5.41. The molecule has 0 saturated heterocycles. The van der Waals surface area contributed by atoms with E-state index in [0.29, 0.717) is 5.92 Å². The highest BCUT2D eigenvalue weighted by molar-refractivity contribution is 7.91. The second-order valence-electron chi connectivity index (χ2n) is 2.86. The van der Waals surface area contributed by atoms with Crippen LogP contribution in [-0.2, 0) is 10.0 Å². The maximum absolute atomic E-state index is 10.9. The van der Waals surface area contributed by atoms with Gasteiger partial charge >= 0.3 is 0 Å². The van der Waals surface area contributed by atoms with E-state index in [0.717, 1.165) is 4.88 Å². The third-order valence-corrected chi connectivity index (χ3v) is 4.28. The number of hydrogen-bond acceptors (Lipinski definition) is 3. The molecule has 0 unspecified atom stereocenters. The molecule has 0 fully saturated rings. The minimum absolute atomic E-state index is 0.242. The van der Waals surface area contributed by atoms with E-state index in [9.17, 15) is 8.42 Å². The van der Waals surface area contributed by atoms with Crippen molar-refractivity contribution in [3.63, 3.8) is 0 Å². The van der Waals surface area contributed by atoms with Crippen molar-refractivity contribution in [1.29, 1.82) is 0 Å². The molecule has 12 heavy (non-hydrogen) atoms. The van der Waals surface area contributed by atoms with Crippen LogP contribution in [0.5, 0.6) is 0 Å². The van der Waals surface area contributed by atoms with E-state index in [1.807, 2.05) is 13.8 Å². The molecule has 0 atom stereocenters. The van der Waals surface area contributed by atoms with Gasteiger partial charge in [0.1, 0.15) is 4.21 Å². The largest absolute Gasteiger partial charge is 0.247 e. The summed E-state index contributed by atoms with van der Waals surface area (Å²) in [5.41, 5.74) is 0. The van der Waals surface area contributed by atoms with Gasteiger partial charge in [-0.25, -0.2) is 13.6 Å². The molecule has 0 aromatic carbocycles. The van der Waals surface area contributed by atoms with Crippen LogP contribution in [0.25, 0.3) is 0 Å². The predicted octanol–water partition coefficient (Wildman–Crippen LogP) is 1.52. The SMILES string of the molecule is CC(C)c1ccc(S(N)(=O)=O)s1. The highest BCUT2D eigenvalue weighted by atomic mass is 32.2. The first-order valence-electron chi connectivity index (χ1n) is 3.54. The topological polar surface area (TPSA) is 60.2 Å². The predicted molar refractivity (Wildman–Crippen MR) is 49.8 cm³/mol. The molecule has 68 valence electrons. The van der Waals surface area contributed by atoms with Gasteiger partial charge in [-0.15, -0.1) is 11.3 Å². The lowest BCUT2D eigenvalue weighted by atomic mass is 10.2. The highest BCUT2D eigenvalue weighted by Gasteiger charge is 2.12. The summed E-state index contributed by atoms with van der Waals surface area (Å²) in [6.45, 7) is 4.03. The summed E-state index contributed by atoms with van der Waals surface area (Å²) < 4.78 is 22.0. The van der Waals surface area contributed by atoms with E-state index in [1.54, 1.807) is 12.1 Å². The molecule has 1 aromatic rings. The summed E-state index contributed by atoms with van der Waals surface area (Å²) in [6, 6.07) is 3.35. The van der Waals surface area contributed by atoms with Gasteiger partial charge < -0.3 is 0 Å². The Kier molecular flexibility index (Phi) is 2.55. The Balaban J connectivity index is 3.09. The standard InChI is InChI=1S/C7H11NO2S2/c1-5(2)6-3-4-7(11-6)12(8,9)10/h3-5H,1-2H3,(H2,8,9,10). The van der Waals surface area contributed by atoms with Crippen molar-refractivity contribution in [2.75, 3.05) is 0 Å². The smallest absolute Gasteiger partial charge is 0.224 e. The summed E-state index contributed by atoms with van der Waals surface area (Å²) in [7, 11) is -3.50. The number of primary sulfonamides is 1. The third-order valence-electron chi connectivity index (χ3n) is 1.45. The van der Waals surface area contributed by atoms with E-state index >= 15 is 0 Å². The molecule has 0 bridgehead atoms. The van der Waals surface area contributed by atoms with Crippen molar-refractivity contribution < 1.29 is 8.42 Å². The molecule has 1 heterocycles. The van der Waals surface area contributed by atoms with E-state index in [-0.39, 0.29) is 4.21 Å². The van der Waals surface area contributed by atoms with Gasteiger partial charge in [0.25, 0.3) is 0 Å². The Morgan fingerprint density at radius 1 is 1.42 bits per heavy atom. The van der Waals surface area contributed by atoms with Crippen molar-refractivity contribution in [3.8, 4) is 0 Å². The van der Waals surface area contributed by atoms with E-state index in [1.165, 1.54) is 11.3 Å². The van der Waals surface area contributed by atoms with Gasteiger partial charge in [-0.1, -0.05) is 13.8 Å². The van der Waals surface area contributed by atoms with Crippen LogP contribution >= 0.6 is 11.3 Å². The Labute approximate surface area is 76.3 Å². The number of hydrogen-bond donors (Lipinski definition) is 1. The van der Waals surface area contributed by atoms with Gasteiger partial charge in [0, 0.05) is 4.88 Å². The maximum atomic E-state index is 10.9. The van der Waals surface area contributed by atoms with Crippen molar-refractivity contribution in [2.45, 2.75) is 24.0 Å². The lowest BCUT2D eigenvalue weighted by molar-refractivity contribution is 0.600. The van der Waals surface area contributed by atoms with Crippen LogP contribution in [-0.4, -0.2) is 8.42 Å². The lowest BCUT2D eigenvalue weighted by Gasteiger charge is -1.97. The van der Waals surface area contributed by atoms with Gasteiger partial charge in [0.05, 0.1) is 0 Å². The highest BCUT2D eigenvalue weighted by Crippen LogP contribution is 2.26. The van der Waals surface area contributed by atoms with Gasteiger partial charge in [-0.05, 0) is 18.1 Å². The Bertz CT molecular complexity index is 365. The molecule has 5 heteroatoms. The zero-order valence-corrected chi connectivity index (χ0v) is 8.58. The minimum atomic E-state index is -3.50. The zero-order valence-electron chi connectivity index (χ0n) is 6.94. The molecule has 3 nitrogen and oxygen atoms in total. The second kappa shape index (κ2) is 3.16. The number of nitrogens with two attached hydrogens (primary N) is 1. The Morgan fingerprint density at radius 2 is 2.00 bits per heavy atom. The van der Waals surface area contributed by atoms with Crippen molar-refractivity contribution >= 4 is 21.4 Å². The average molecular weight is 205 g/mol. The van der Waals surface area contributed by atoms with E-state index in [2.05, 4.69) is 0 Å². The summed E-state index contributed by atoms with van der Waals surface area (Å²) in [6.07, 6.45) is 0. The Hall–Kier alpha value is -0.390. The molecular weight excluding hydrogens is 194 g/mol. The van der Waals surface area contributed by atoms with Crippen LogP contribution in [0, 0.1) is 0 Å². The van der Waals surface area contributed by atoms with Crippen LogP contribution in [0.4, 0.5) is 0 Å². The van der Waals surface area contributed by atoms with Crippen molar-refractivity contribution in [3.05, 3.63) is 17.0 Å². The second-order valence-corrected chi connectivity index (χ2v) is 5.76. The molecule has 1 aromatic heterocycles. The van der Waals surface area contributed by atoms with Crippen LogP contribution < -0.4 is 5.14 Å². The third kappa shape index (κ3) is 2.06. The quantitative estimate of drug-likeness (QED) is 0.795. The van der Waals surface area contributed by atoms with Crippen LogP contribution in [0.15, 0.2) is 16.3 Å². The number of rotatable bonds is 2. The normalized spacial score (nSPS) is 12.3. The molecule has 0 radical (unpaired) electrons. The summed E-state index contributed by atoms with van der Waals surface area (Å²) in [5, 5.41) is 4.95. The summed E-state index contributed by atoms with van der Waals surface area (Å²) in [5.74, 6) is 0.352. The zero-order chi connectivity index (χ0) is 9.35. The fraction of sp³-hybridized carbons (Fsp3) is 0.429. The van der Waals surface area contributed by atoms with Crippen LogP contribution in [0.3, 0.4) is 0 Å². The molecule has 0 aliphatic carbocycles. The summed E-state index contributed by atoms with van der Waals surface area (Å²) in [4.78, 5) is 1.04. The first-order valence-corrected chi connectivity index (χ1v) is 5.90. The average Bonchev–Trinajstić information content (AvgIpc) is 2.30. The van der Waals surface area contributed by atoms with Crippen molar-refractivity contribution in [2.24, 2.45) is 5.14 Å². The molecule has 0 aliphatic rings. The van der Waals surface area contributed by atoms with Crippen LogP contribution in [0.2, 0.25) is 0 Å². The molecule has 0 saturated carbocycles. The van der Waals surface area contributed by atoms with Gasteiger partial charge in [0.15, 0.2) is 0 Å². The molecule has 1 rings (SSSR count). The van der Waals surface area contributed by atoms with Gasteiger partial charge in [-0.2, -0.15) is 0 Å². The monoisotopic (exact) mass is 205 g/mol. The molecular formula is C7H11NO2S2.